The van der Waals surface area contributed by atoms with Crippen LogP contribution in [0.15, 0.2) is 58.8 Å². The summed E-state index contributed by atoms with van der Waals surface area (Å²) in [6, 6.07) is 7.65. The zero-order valence-electron chi connectivity index (χ0n) is 20.6. The zero-order chi connectivity index (χ0) is 27.9. The highest BCUT2D eigenvalue weighted by Crippen LogP contribution is 2.35. The number of rotatable bonds is 9. The van der Waals surface area contributed by atoms with Gasteiger partial charge in [-0.3, -0.25) is 4.79 Å². The van der Waals surface area contributed by atoms with E-state index in [-0.39, 0.29) is 23.7 Å². The third-order valence-electron chi connectivity index (χ3n) is 5.28. The number of benzene rings is 2. The molecule has 10 nitrogen and oxygen atoms in total. The molecule has 3 rings (SSSR count). The van der Waals surface area contributed by atoms with Crippen molar-refractivity contribution in [3.8, 4) is 11.5 Å². The lowest BCUT2D eigenvalue weighted by molar-refractivity contribution is -0.138. The molecule has 0 bridgehead atoms. The number of hydrazone groups is 1. The number of methoxy groups -OCH3 is 1. The fraction of sp³-hybridized carbons (Fsp3) is 0.280. The molecule has 1 atom stereocenters. The van der Waals surface area contributed by atoms with Gasteiger partial charge >= 0.3 is 18.2 Å². The smallest absolute Gasteiger partial charge is 0.416 e. The Balaban J connectivity index is 1.67. The monoisotopic (exact) mass is 534 g/mol. The first-order valence-corrected chi connectivity index (χ1v) is 11.3. The van der Waals surface area contributed by atoms with E-state index >= 15 is 0 Å². The SMILES string of the molecule is CCOc1cc(C2NC(=O)NC(C)=C2C(=O)OC)ccc1OCC(=O)NN=Cc1ccc(C(F)(F)F)cc1. The van der Waals surface area contributed by atoms with Gasteiger partial charge in [-0.25, -0.2) is 15.0 Å². The van der Waals surface area contributed by atoms with Gasteiger partial charge in [0.2, 0.25) is 0 Å². The topological polar surface area (TPSA) is 127 Å². The van der Waals surface area contributed by atoms with Crippen molar-refractivity contribution in [2.24, 2.45) is 5.10 Å². The first kappa shape index (κ1) is 28.0. The highest BCUT2D eigenvalue weighted by Gasteiger charge is 2.32. The Kier molecular flexibility index (Phi) is 8.94. The van der Waals surface area contributed by atoms with E-state index < -0.39 is 42.3 Å². The van der Waals surface area contributed by atoms with Crippen LogP contribution in [0.25, 0.3) is 0 Å². The van der Waals surface area contributed by atoms with Crippen LogP contribution in [-0.2, 0) is 20.5 Å². The summed E-state index contributed by atoms with van der Waals surface area (Å²) in [5, 5.41) is 8.92. The molecule has 0 aromatic heterocycles. The maximum Gasteiger partial charge on any atom is 0.416 e. The lowest BCUT2D eigenvalue weighted by Gasteiger charge is -2.28. The lowest BCUT2D eigenvalue weighted by atomic mass is 9.95. The molecule has 13 heteroatoms. The van der Waals surface area contributed by atoms with Gasteiger partial charge in [0.1, 0.15) is 0 Å². The number of hydrogen-bond donors (Lipinski definition) is 3. The fourth-order valence-electron chi connectivity index (χ4n) is 3.53. The van der Waals surface area contributed by atoms with Crippen molar-refractivity contribution >= 4 is 24.1 Å². The number of esters is 1. The highest BCUT2D eigenvalue weighted by molar-refractivity contribution is 5.95. The normalized spacial score (nSPS) is 15.5. The van der Waals surface area contributed by atoms with E-state index in [9.17, 15) is 27.6 Å². The van der Waals surface area contributed by atoms with Gasteiger partial charge in [0.15, 0.2) is 18.1 Å². The van der Waals surface area contributed by atoms with Crippen molar-refractivity contribution in [1.29, 1.82) is 0 Å². The van der Waals surface area contributed by atoms with E-state index in [1.807, 2.05) is 0 Å². The molecule has 1 unspecified atom stereocenters. The maximum absolute atomic E-state index is 12.6. The van der Waals surface area contributed by atoms with Crippen LogP contribution < -0.4 is 25.5 Å². The third-order valence-corrected chi connectivity index (χ3v) is 5.28. The number of carbonyl (C=O) groups excluding carboxylic acids is 3. The molecule has 1 heterocycles. The molecule has 202 valence electrons. The molecule has 0 spiro atoms. The molecule has 3 amide bonds. The number of nitrogens with one attached hydrogen (secondary N) is 3. The number of urea groups is 1. The summed E-state index contributed by atoms with van der Waals surface area (Å²) >= 11 is 0. The van der Waals surface area contributed by atoms with E-state index in [4.69, 9.17) is 14.2 Å². The Morgan fingerprint density at radius 3 is 2.45 bits per heavy atom. The van der Waals surface area contributed by atoms with Gasteiger partial charge in [0.25, 0.3) is 5.91 Å². The van der Waals surface area contributed by atoms with Crippen LogP contribution in [-0.4, -0.2) is 44.4 Å². The van der Waals surface area contributed by atoms with Crippen molar-refractivity contribution in [3.63, 3.8) is 0 Å². The van der Waals surface area contributed by atoms with Crippen molar-refractivity contribution < 1.29 is 41.8 Å². The molecular formula is C25H25F3N4O6. The average molecular weight is 534 g/mol. The third kappa shape index (κ3) is 7.02. The van der Waals surface area contributed by atoms with Crippen molar-refractivity contribution in [2.45, 2.75) is 26.1 Å². The summed E-state index contributed by atoms with van der Waals surface area (Å²) < 4.78 is 53.9. The summed E-state index contributed by atoms with van der Waals surface area (Å²) in [6.07, 6.45) is -3.25. The molecule has 0 radical (unpaired) electrons. The molecule has 0 saturated heterocycles. The highest BCUT2D eigenvalue weighted by atomic mass is 19.4. The molecule has 38 heavy (non-hydrogen) atoms. The van der Waals surface area contributed by atoms with Crippen LogP contribution in [0.1, 0.15) is 36.6 Å². The summed E-state index contributed by atoms with van der Waals surface area (Å²) in [5.74, 6) is -0.762. The molecule has 0 fully saturated rings. The summed E-state index contributed by atoms with van der Waals surface area (Å²) in [4.78, 5) is 36.5. The minimum Gasteiger partial charge on any atom is -0.490 e. The minimum absolute atomic E-state index is 0.216. The Hall–Kier alpha value is -4.55. The van der Waals surface area contributed by atoms with Crippen LogP contribution >= 0.6 is 0 Å². The summed E-state index contributed by atoms with van der Waals surface area (Å²) in [7, 11) is 1.23. The van der Waals surface area contributed by atoms with Crippen molar-refractivity contribution in [1.82, 2.24) is 16.1 Å². The van der Waals surface area contributed by atoms with Crippen LogP contribution in [0.2, 0.25) is 0 Å². The predicted octanol–water partition coefficient (Wildman–Crippen LogP) is 3.43. The van der Waals surface area contributed by atoms with Crippen LogP contribution in [0.5, 0.6) is 11.5 Å². The van der Waals surface area contributed by atoms with E-state index in [2.05, 4.69) is 21.2 Å². The number of allylic oxidation sites excluding steroid dienone is 1. The maximum atomic E-state index is 12.6. The first-order valence-electron chi connectivity index (χ1n) is 11.3. The molecule has 2 aromatic carbocycles. The quantitative estimate of drug-likeness (QED) is 0.257. The fourth-order valence-corrected chi connectivity index (χ4v) is 3.53. The molecule has 1 aliphatic heterocycles. The molecule has 0 aliphatic carbocycles. The summed E-state index contributed by atoms with van der Waals surface area (Å²) in [5.41, 5.74) is 2.86. The Morgan fingerprint density at radius 2 is 1.82 bits per heavy atom. The second kappa shape index (κ2) is 12.1. The van der Waals surface area contributed by atoms with Gasteiger partial charge in [-0.15, -0.1) is 0 Å². The Bertz CT molecular complexity index is 1260. The zero-order valence-corrected chi connectivity index (χ0v) is 20.6. The lowest BCUT2D eigenvalue weighted by Crippen LogP contribution is -2.45. The van der Waals surface area contributed by atoms with Gasteiger partial charge < -0.3 is 24.8 Å². The van der Waals surface area contributed by atoms with Crippen molar-refractivity contribution in [3.05, 3.63) is 70.4 Å². The molecule has 3 N–H and O–H groups in total. The van der Waals surface area contributed by atoms with Crippen molar-refractivity contribution in [2.75, 3.05) is 20.3 Å². The van der Waals surface area contributed by atoms with Crippen LogP contribution in [0.3, 0.4) is 0 Å². The number of halogens is 3. The van der Waals surface area contributed by atoms with Gasteiger partial charge in [-0.2, -0.15) is 18.3 Å². The number of amides is 3. The average Bonchev–Trinajstić information content (AvgIpc) is 2.87. The number of nitrogens with zero attached hydrogens (tertiary/aromatic N) is 1. The number of ether oxygens (including phenoxy) is 3. The van der Waals surface area contributed by atoms with Gasteiger partial charge in [0, 0.05) is 5.70 Å². The standard InChI is InChI=1S/C25H25F3N4O6/c1-4-37-19-11-16(22-21(23(34)36-3)14(2)30-24(35)31-22)7-10-18(19)38-13-20(33)32-29-12-15-5-8-17(9-6-15)25(26,27)28/h5-12,22H,4,13H2,1-3H3,(H,32,33)(H2,30,31,35). The largest absolute Gasteiger partial charge is 0.490 e. The number of alkyl halides is 3. The van der Waals surface area contributed by atoms with E-state index in [0.29, 0.717) is 16.8 Å². The predicted molar refractivity (Wildman–Crippen MR) is 129 cm³/mol. The molecular weight excluding hydrogens is 509 g/mol. The molecule has 2 aromatic rings. The Labute approximate surface area is 215 Å². The number of carbonyl (C=O) groups is 3. The number of hydrogen-bond acceptors (Lipinski definition) is 7. The van der Waals surface area contributed by atoms with E-state index in [0.717, 1.165) is 12.1 Å². The van der Waals surface area contributed by atoms with Crippen LogP contribution in [0, 0.1) is 0 Å². The van der Waals surface area contributed by atoms with E-state index in [1.54, 1.807) is 26.0 Å². The van der Waals surface area contributed by atoms with Gasteiger partial charge in [-0.05, 0) is 49.2 Å². The second-order valence-corrected chi connectivity index (χ2v) is 7.90. The molecule has 1 aliphatic rings. The first-order chi connectivity index (χ1) is 18.0. The van der Waals surface area contributed by atoms with Gasteiger partial charge in [0.05, 0.1) is 37.1 Å². The van der Waals surface area contributed by atoms with E-state index in [1.165, 1.54) is 31.5 Å². The molecule has 0 saturated carbocycles. The van der Waals surface area contributed by atoms with Gasteiger partial charge in [-0.1, -0.05) is 18.2 Å². The van der Waals surface area contributed by atoms with Crippen LogP contribution in [0.4, 0.5) is 18.0 Å². The second-order valence-electron chi connectivity index (χ2n) is 7.90. The minimum atomic E-state index is -4.44. The summed E-state index contributed by atoms with van der Waals surface area (Å²) in [6.45, 7) is 3.15. The Morgan fingerprint density at radius 1 is 1.11 bits per heavy atom.